The van der Waals surface area contributed by atoms with E-state index in [9.17, 15) is 20.3 Å². The highest BCUT2D eigenvalue weighted by Gasteiger charge is 2.25. The predicted molar refractivity (Wildman–Crippen MR) is 126 cm³/mol. The predicted octanol–water partition coefficient (Wildman–Crippen LogP) is 3.58. The number of aliphatic hydroxyl groups is 3. The number of ketones is 1. The van der Waals surface area contributed by atoms with Gasteiger partial charge in [-0.3, -0.25) is 4.79 Å². The summed E-state index contributed by atoms with van der Waals surface area (Å²) in [4.78, 5) is 15.1. The van der Waals surface area contributed by atoms with Gasteiger partial charge in [0.15, 0.2) is 5.78 Å². The maximum Gasteiger partial charge on any atom is 0.173 e. The number of aliphatic hydroxyl groups excluding tert-OH is 3. The number of carbonyl (C=O) groups excluding carboxylic acids is 1. The molecule has 1 aliphatic heterocycles. The van der Waals surface area contributed by atoms with Crippen molar-refractivity contribution in [2.75, 3.05) is 18.1 Å². The van der Waals surface area contributed by atoms with Crippen LogP contribution in [0.3, 0.4) is 0 Å². The molecule has 6 heteroatoms. The standard InChI is InChI=1S/C26H32N2O4/c1-2-21-8-5-6-14-28(21)26-19(11-10-18-7-3-4-9-22(18)26)15-20(16-27)23(30)12-13-24(31)25(32)17-29/h3-4,7,9-11,15,21,24-25,29,31-32H,2,5-6,8,12-14,17H2,1H3/b20-15+. The Hall–Kier alpha value is -2.72. The molecule has 1 fully saturated rings. The molecule has 0 radical (unpaired) electrons. The second-order valence-corrected chi connectivity index (χ2v) is 8.42. The zero-order valence-corrected chi connectivity index (χ0v) is 18.6. The number of anilines is 1. The van der Waals surface area contributed by atoms with Gasteiger partial charge < -0.3 is 20.2 Å². The van der Waals surface area contributed by atoms with Crippen molar-refractivity contribution in [2.24, 2.45) is 0 Å². The SMILES string of the molecule is CCC1CCCCN1c1c(/C=C(\C#N)C(=O)CCC(O)C(O)CO)ccc2ccccc12. The Morgan fingerprint density at radius 3 is 2.72 bits per heavy atom. The van der Waals surface area contributed by atoms with Gasteiger partial charge in [0.05, 0.1) is 24.0 Å². The first-order chi connectivity index (χ1) is 15.5. The van der Waals surface area contributed by atoms with Crippen molar-refractivity contribution in [1.29, 1.82) is 5.26 Å². The van der Waals surface area contributed by atoms with Crippen LogP contribution in [0.15, 0.2) is 42.0 Å². The number of nitrogens with zero attached hydrogens (tertiary/aromatic N) is 2. The van der Waals surface area contributed by atoms with Crippen molar-refractivity contribution >= 4 is 28.3 Å². The van der Waals surface area contributed by atoms with Crippen molar-refractivity contribution in [2.45, 2.75) is 63.7 Å². The largest absolute Gasteiger partial charge is 0.394 e. The van der Waals surface area contributed by atoms with Crippen molar-refractivity contribution in [1.82, 2.24) is 0 Å². The maximum atomic E-state index is 12.7. The fraction of sp³-hybridized carbons (Fsp3) is 0.462. The van der Waals surface area contributed by atoms with Crippen LogP contribution in [0.25, 0.3) is 16.8 Å². The molecule has 0 saturated carbocycles. The Bertz CT molecular complexity index is 1010. The summed E-state index contributed by atoms with van der Waals surface area (Å²) < 4.78 is 0. The van der Waals surface area contributed by atoms with Crippen LogP contribution in [0.4, 0.5) is 5.69 Å². The molecule has 1 heterocycles. The minimum absolute atomic E-state index is 0.0197. The summed E-state index contributed by atoms with van der Waals surface area (Å²) in [5, 5.41) is 40.2. The first-order valence-electron chi connectivity index (χ1n) is 11.4. The summed E-state index contributed by atoms with van der Waals surface area (Å²) in [5.74, 6) is -0.388. The van der Waals surface area contributed by atoms with Crippen LogP contribution in [0.5, 0.6) is 0 Å². The Labute approximate surface area is 189 Å². The molecule has 0 bridgehead atoms. The Kier molecular flexibility index (Phi) is 8.40. The lowest BCUT2D eigenvalue weighted by atomic mass is 9.94. The van der Waals surface area contributed by atoms with Crippen molar-refractivity contribution in [3.63, 3.8) is 0 Å². The topological polar surface area (TPSA) is 105 Å². The lowest BCUT2D eigenvalue weighted by Crippen LogP contribution is -2.39. The van der Waals surface area contributed by atoms with E-state index in [1.807, 2.05) is 30.3 Å². The summed E-state index contributed by atoms with van der Waals surface area (Å²) >= 11 is 0. The third-order valence-electron chi connectivity index (χ3n) is 6.34. The zero-order valence-electron chi connectivity index (χ0n) is 18.6. The first kappa shape index (κ1) is 23.9. The Balaban J connectivity index is 1.99. The third-order valence-corrected chi connectivity index (χ3v) is 6.34. The normalized spacial score (nSPS) is 18.9. The molecule has 2 aromatic carbocycles. The Morgan fingerprint density at radius 1 is 1.22 bits per heavy atom. The van der Waals surface area contributed by atoms with Gasteiger partial charge in [0.1, 0.15) is 12.2 Å². The number of benzene rings is 2. The fourth-order valence-corrected chi connectivity index (χ4v) is 4.49. The van der Waals surface area contributed by atoms with Gasteiger partial charge in [0.25, 0.3) is 0 Å². The van der Waals surface area contributed by atoms with E-state index in [1.165, 1.54) is 6.42 Å². The first-order valence-corrected chi connectivity index (χ1v) is 11.4. The number of piperidine rings is 1. The molecular formula is C26H32N2O4. The molecule has 3 atom stereocenters. The van der Waals surface area contributed by atoms with Gasteiger partial charge in [-0.15, -0.1) is 0 Å². The second kappa shape index (κ2) is 11.2. The number of carbonyl (C=O) groups is 1. The highest BCUT2D eigenvalue weighted by molar-refractivity contribution is 6.06. The van der Waals surface area contributed by atoms with Crippen LogP contribution in [-0.4, -0.2) is 52.5 Å². The van der Waals surface area contributed by atoms with Crippen LogP contribution >= 0.6 is 0 Å². The smallest absolute Gasteiger partial charge is 0.173 e. The van der Waals surface area contributed by atoms with Gasteiger partial charge in [0, 0.05) is 24.4 Å². The molecule has 3 rings (SSSR count). The quantitative estimate of drug-likeness (QED) is 0.410. The molecular weight excluding hydrogens is 404 g/mol. The van der Waals surface area contributed by atoms with E-state index < -0.39 is 18.8 Å². The average molecular weight is 437 g/mol. The van der Waals surface area contributed by atoms with Crippen LogP contribution in [0, 0.1) is 11.3 Å². The van der Waals surface area contributed by atoms with Crippen molar-refractivity contribution in [3.8, 4) is 6.07 Å². The zero-order chi connectivity index (χ0) is 23.1. The summed E-state index contributed by atoms with van der Waals surface area (Å²) in [6, 6.07) is 14.6. The average Bonchev–Trinajstić information content (AvgIpc) is 2.84. The molecule has 170 valence electrons. The van der Waals surface area contributed by atoms with Gasteiger partial charge in [-0.05, 0) is 49.1 Å². The van der Waals surface area contributed by atoms with Gasteiger partial charge in [-0.2, -0.15) is 5.26 Å². The van der Waals surface area contributed by atoms with Gasteiger partial charge in [0.2, 0.25) is 0 Å². The van der Waals surface area contributed by atoms with Crippen LogP contribution < -0.4 is 4.90 Å². The summed E-state index contributed by atoms with van der Waals surface area (Å²) in [7, 11) is 0. The van der Waals surface area contributed by atoms with E-state index in [0.29, 0.717) is 6.04 Å². The molecule has 1 aliphatic rings. The van der Waals surface area contributed by atoms with Gasteiger partial charge in [-0.1, -0.05) is 43.3 Å². The number of hydrogen-bond acceptors (Lipinski definition) is 6. The molecule has 0 aliphatic carbocycles. The van der Waals surface area contributed by atoms with Gasteiger partial charge >= 0.3 is 0 Å². The number of rotatable bonds is 9. The number of hydrogen-bond donors (Lipinski definition) is 3. The van der Waals surface area contributed by atoms with Crippen molar-refractivity contribution in [3.05, 3.63) is 47.5 Å². The Morgan fingerprint density at radius 2 is 2.00 bits per heavy atom. The van der Waals surface area contributed by atoms with E-state index in [1.54, 1.807) is 6.08 Å². The number of nitriles is 1. The minimum atomic E-state index is -1.30. The summed E-state index contributed by atoms with van der Waals surface area (Å²) in [5.41, 5.74) is 1.92. The molecule has 6 nitrogen and oxygen atoms in total. The monoisotopic (exact) mass is 436 g/mol. The number of allylic oxidation sites excluding steroid dienone is 1. The summed E-state index contributed by atoms with van der Waals surface area (Å²) in [6.45, 7) is 2.56. The lowest BCUT2D eigenvalue weighted by Gasteiger charge is -2.39. The number of Topliss-reactive ketones (excluding diaryl/α,β-unsaturated/α-hetero) is 1. The van der Waals surface area contributed by atoms with E-state index in [-0.39, 0.29) is 24.2 Å². The summed E-state index contributed by atoms with van der Waals surface area (Å²) in [6.07, 6.45) is 3.51. The van der Waals surface area contributed by atoms with Crippen molar-refractivity contribution < 1.29 is 20.1 Å². The number of fused-ring (bicyclic) bond motifs is 1. The molecule has 1 saturated heterocycles. The lowest BCUT2D eigenvalue weighted by molar-refractivity contribution is -0.116. The van der Waals surface area contributed by atoms with Crippen LogP contribution in [0.2, 0.25) is 0 Å². The van der Waals surface area contributed by atoms with Gasteiger partial charge in [-0.25, -0.2) is 0 Å². The molecule has 0 aromatic heterocycles. The minimum Gasteiger partial charge on any atom is -0.394 e. The van der Waals surface area contributed by atoms with E-state index in [4.69, 9.17) is 5.11 Å². The molecule has 2 aromatic rings. The highest BCUT2D eigenvalue weighted by Crippen LogP contribution is 2.37. The fourth-order valence-electron chi connectivity index (χ4n) is 4.49. The second-order valence-electron chi connectivity index (χ2n) is 8.42. The van der Waals surface area contributed by atoms with E-state index in [2.05, 4.69) is 24.0 Å². The third kappa shape index (κ3) is 5.36. The van der Waals surface area contributed by atoms with E-state index in [0.717, 1.165) is 47.8 Å². The van der Waals surface area contributed by atoms with Crippen LogP contribution in [-0.2, 0) is 4.79 Å². The molecule has 0 spiro atoms. The molecule has 0 amide bonds. The van der Waals surface area contributed by atoms with Crippen LogP contribution in [0.1, 0.15) is 51.0 Å². The molecule has 3 N–H and O–H groups in total. The maximum absolute atomic E-state index is 12.7. The molecule has 3 unspecified atom stereocenters. The highest BCUT2D eigenvalue weighted by atomic mass is 16.4. The van der Waals surface area contributed by atoms with E-state index >= 15 is 0 Å². The molecule has 32 heavy (non-hydrogen) atoms.